The average molecular weight is 884 g/mol. The SMILES string of the molecule is CC(COCCC(=O)CCCCCCCCCCCCCO)(COCCC(=O)CCCCCCCCCCCCCO)COCCC(=O)NCCCCCCCCCCCCO. The molecule has 0 fully saturated rings. The Hall–Kier alpha value is -1.43. The largest absolute Gasteiger partial charge is 0.396 e. The van der Waals surface area contributed by atoms with E-state index in [2.05, 4.69) is 5.32 Å². The van der Waals surface area contributed by atoms with Gasteiger partial charge in [0.2, 0.25) is 5.91 Å². The molecule has 0 heterocycles. The van der Waals surface area contributed by atoms with Gasteiger partial charge in [-0.05, 0) is 38.5 Å². The monoisotopic (exact) mass is 884 g/mol. The van der Waals surface area contributed by atoms with Gasteiger partial charge in [-0.25, -0.2) is 0 Å². The minimum Gasteiger partial charge on any atom is -0.396 e. The molecule has 0 rings (SSSR count). The topological polar surface area (TPSA) is 152 Å². The van der Waals surface area contributed by atoms with E-state index in [4.69, 9.17) is 29.5 Å². The lowest BCUT2D eigenvalue weighted by Gasteiger charge is -2.29. The summed E-state index contributed by atoms with van der Waals surface area (Å²) in [4.78, 5) is 37.6. The number of carbonyl (C=O) groups excluding carboxylic acids is 3. The predicted octanol–water partition coefficient (Wildman–Crippen LogP) is 11.7. The van der Waals surface area contributed by atoms with Gasteiger partial charge in [-0.2, -0.15) is 0 Å². The van der Waals surface area contributed by atoms with Crippen LogP contribution in [0.3, 0.4) is 0 Å². The van der Waals surface area contributed by atoms with Gasteiger partial charge in [0.15, 0.2) is 0 Å². The average Bonchev–Trinajstić information content (AvgIpc) is 3.26. The molecule has 0 aromatic heterocycles. The van der Waals surface area contributed by atoms with E-state index >= 15 is 0 Å². The summed E-state index contributed by atoms with van der Waals surface area (Å²) < 4.78 is 18.1. The number of hydrogen-bond acceptors (Lipinski definition) is 9. The molecule has 0 bridgehead atoms. The fourth-order valence-corrected chi connectivity index (χ4v) is 7.88. The number of aliphatic hydroxyl groups excluding tert-OH is 3. The van der Waals surface area contributed by atoms with Gasteiger partial charge in [-0.3, -0.25) is 14.4 Å². The summed E-state index contributed by atoms with van der Waals surface area (Å²) in [5, 5.41) is 29.6. The molecule has 0 saturated carbocycles. The molecular weight excluding hydrogens is 783 g/mol. The number of hydrogen-bond donors (Lipinski definition) is 4. The summed E-state index contributed by atoms with van der Waals surface area (Å²) in [5.74, 6) is 0.491. The van der Waals surface area contributed by atoms with Gasteiger partial charge in [0.1, 0.15) is 11.6 Å². The van der Waals surface area contributed by atoms with Crippen LogP contribution in [0.25, 0.3) is 0 Å². The minimum atomic E-state index is -0.471. The number of amides is 1. The fraction of sp³-hybridized carbons (Fsp3) is 0.942. The summed E-state index contributed by atoms with van der Waals surface area (Å²) in [7, 11) is 0. The van der Waals surface area contributed by atoms with Gasteiger partial charge in [0.25, 0.3) is 0 Å². The molecule has 0 aliphatic rings. The Labute approximate surface area is 381 Å². The normalized spacial score (nSPS) is 11.7. The number of ether oxygens (including phenoxy) is 3. The van der Waals surface area contributed by atoms with Crippen molar-refractivity contribution in [2.24, 2.45) is 5.41 Å². The van der Waals surface area contributed by atoms with Crippen molar-refractivity contribution < 1.29 is 43.9 Å². The van der Waals surface area contributed by atoms with Crippen molar-refractivity contribution in [2.45, 2.75) is 244 Å². The van der Waals surface area contributed by atoms with E-state index in [-0.39, 0.29) is 17.5 Å². The number of carbonyl (C=O) groups is 3. The molecule has 10 nitrogen and oxygen atoms in total. The van der Waals surface area contributed by atoms with Crippen LogP contribution in [0.2, 0.25) is 0 Å². The van der Waals surface area contributed by atoms with Crippen LogP contribution in [0.4, 0.5) is 0 Å². The number of ketones is 2. The van der Waals surface area contributed by atoms with Gasteiger partial charge in [0, 0.05) is 63.9 Å². The van der Waals surface area contributed by atoms with E-state index in [1.165, 1.54) is 128 Å². The van der Waals surface area contributed by atoms with Gasteiger partial charge in [-0.15, -0.1) is 0 Å². The maximum atomic E-state index is 12.6. The molecule has 10 heteroatoms. The van der Waals surface area contributed by atoms with Crippen LogP contribution in [0.15, 0.2) is 0 Å². The molecule has 0 aliphatic heterocycles. The Morgan fingerprint density at radius 1 is 0.355 bits per heavy atom. The molecule has 1 amide bonds. The Kier molecular flexibility index (Phi) is 47.9. The lowest BCUT2D eigenvalue weighted by molar-refractivity contribution is -0.123. The van der Waals surface area contributed by atoms with Crippen molar-refractivity contribution >= 4 is 17.5 Å². The second-order valence-electron chi connectivity index (χ2n) is 18.6. The van der Waals surface area contributed by atoms with Crippen molar-refractivity contribution in [3.8, 4) is 0 Å². The van der Waals surface area contributed by atoms with Crippen molar-refractivity contribution in [1.29, 1.82) is 0 Å². The summed E-state index contributed by atoms with van der Waals surface area (Å²) in [5.41, 5.74) is -0.471. The molecule has 0 radical (unpaired) electrons. The van der Waals surface area contributed by atoms with Crippen LogP contribution in [-0.2, 0) is 28.6 Å². The molecule has 0 aromatic rings. The van der Waals surface area contributed by atoms with E-state index in [9.17, 15) is 14.4 Å². The summed E-state index contributed by atoms with van der Waals surface area (Å²) >= 11 is 0. The molecule has 0 saturated heterocycles. The highest BCUT2D eigenvalue weighted by molar-refractivity contribution is 5.78. The predicted molar refractivity (Wildman–Crippen MR) is 256 cm³/mol. The van der Waals surface area contributed by atoms with E-state index in [1.807, 2.05) is 6.92 Å². The first kappa shape index (κ1) is 60.6. The molecule has 0 spiro atoms. The molecule has 0 aromatic carbocycles. The molecule has 4 N–H and O–H groups in total. The van der Waals surface area contributed by atoms with Crippen LogP contribution in [-0.4, -0.2) is 98.8 Å². The minimum absolute atomic E-state index is 0.00150. The third-order valence-corrected chi connectivity index (χ3v) is 12.0. The Morgan fingerprint density at radius 2 is 0.613 bits per heavy atom. The number of nitrogens with one attached hydrogen (secondary N) is 1. The highest BCUT2D eigenvalue weighted by Gasteiger charge is 2.26. The van der Waals surface area contributed by atoms with Crippen molar-refractivity contribution in [1.82, 2.24) is 5.32 Å². The van der Waals surface area contributed by atoms with Crippen molar-refractivity contribution in [3.05, 3.63) is 0 Å². The standard InChI is InChI=1S/C52H101NO9/c1-52(46-60-43-36-49(57)34-28-22-16-10-4-2-7-13-19-25-31-40-54,47-61-44-37-50(58)35-29-23-17-11-5-3-8-14-20-26-32-41-55)48-62-45-38-51(59)53-39-30-24-18-12-6-9-15-21-27-33-42-56/h54-56H,2-48H2,1H3,(H,53,59). The highest BCUT2D eigenvalue weighted by atomic mass is 16.5. The van der Waals surface area contributed by atoms with Crippen LogP contribution < -0.4 is 5.32 Å². The number of Topliss-reactive ketones (excluding diaryl/α,β-unsaturated/α-hetero) is 2. The van der Waals surface area contributed by atoms with Crippen molar-refractivity contribution in [3.63, 3.8) is 0 Å². The lowest BCUT2D eigenvalue weighted by Crippen LogP contribution is -2.35. The molecular formula is C52H101NO9. The maximum absolute atomic E-state index is 12.6. The van der Waals surface area contributed by atoms with Gasteiger partial charge in [-0.1, -0.05) is 174 Å². The Morgan fingerprint density at radius 3 is 0.919 bits per heavy atom. The van der Waals surface area contributed by atoms with Gasteiger partial charge < -0.3 is 34.8 Å². The highest BCUT2D eigenvalue weighted by Crippen LogP contribution is 2.20. The van der Waals surface area contributed by atoms with Crippen molar-refractivity contribution in [2.75, 3.05) is 66.0 Å². The fourth-order valence-electron chi connectivity index (χ4n) is 7.88. The summed E-state index contributed by atoms with van der Waals surface area (Å²) in [6.45, 7) is 5.80. The first-order valence-electron chi connectivity index (χ1n) is 26.2. The molecule has 368 valence electrons. The van der Waals surface area contributed by atoms with Crippen LogP contribution >= 0.6 is 0 Å². The number of unbranched alkanes of at least 4 members (excludes halogenated alkanes) is 29. The first-order valence-corrected chi connectivity index (χ1v) is 26.2. The molecule has 62 heavy (non-hydrogen) atoms. The van der Waals surface area contributed by atoms with E-state index in [0.717, 1.165) is 77.0 Å². The third-order valence-electron chi connectivity index (χ3n) is 12.0. The quantitative estimate of drug-likeness (QED) is 0.0438. The molecule has 0 aliphatic carbocycles. The lowest BCUT2D eigenvalue weighted by atomic mass is 9.94. The second-order valence-corrected chi connectivity index (χ2v) is 18.6. The Balaban J connectivity index is 4.38. The number of rotatable bonds is 53. The zero-order valence-corrected chi connectivity index (χ0v) is 40.5. The van der Waals surface area contributed by atoms with E-state index < -0.39 is 5.41 Å². The first-order chi connectivity index (χ1) is 30.4. The van der Waals surface area contributed by atoms with Gasteiger partial charge in [0.05, 0.1) is 39.6 Å². The van der Waals surface area contributed by atoms with E-state index in [1.54, 1.807) is 0 Å². The molecule has 0 unspecified atom stereocenters. The zero-order valence-electron chi connectivity index (χ0n) is 40.5. The zero-order chi connectivity index (χ0) is 45.3. The van der Waals surface area contributed by atoms with Gasteiger partial charge >= 0.3 is 0 Å². The van der Waals surface area contributed by atoms with Crippen LogP contribution in [0, 0.1) is 5.41 Å². The van der Waals surface area contributed by atoms with E-state index in [0.29, 0.717) is 98.1 Å². The summed E-state index contributed by atoms with van der Waals surface area (Å²) in [6, 6.07) is 0. The second kappa shape index (κ2) is 49.0. The smallest absolute Gasteiger partial charge is 0.222 e. The van der Waals surface area contributed by atoms with Crippen LogP contribution in [0.5, 0.6) is 0 Å². The third kappa shape index (κ3) is 46.6. The Bertz CT molecular complexity index is 848. The number of aliphatic hydroxyl groups is 3. The molecule has 0 atom stereocenters. The maximum Gasteiger partial charge on any atom is 0.222 e. The summed E-state index contributed by atoms with van der Waals surface area (Å²) in [6.07, 6.45) is 39.6. The van der Waals surface area contributed by atoms with Crippen LogP contribution in [0.1, 0.15) is 244 Å².